The summed E-state index contributed by atoms with van der Waals surface area (Å²) in [5, 5.41) is 6.54. The molecule has 24 heavy (non-hydrogen) atoms. The van der Waals surface area contributed by atoms with Crippen LogP contribution in [0.25, 0.3) is 0 Å². The molecule has 0 radical (unpaired) electrons. The van der Waals surface area contributed by atoms with E-state index in [-0.39, 0.29) is 24.0 Å². The number of likely N-dealkylation sites (N-methyl/N-ethyl adjacent to an activating group) is 1. The molecule has 1 aromatic rings. The zero-order chi connectivity index (χ0) is 16.8. The fourth-order valence-corrected chi connectivity index (χ4v) is 2.03. The van der Waals surface area contributed by atoms with E-state index in [0.717, 1.165) is 44.4 Å². The van der Waals surface area contributed by atoms with Crippen LogP contribution in [0.2, 0.25) is 0 Å². The normalized spacial score (nSPS) is 11.1. The zero-order valence-corrected chi connectivity index (χ0v) is 17.3. The number of halogens is 1. The molecule has 6 nitrogen and oxygen atoms in total. The molecular weight excluding hydrogens is 419 g/mol. The van der Waals surface area contributed by atoms with Crippen molar-refractivity contribution in [3.8, 4) is 5.75 Å². The second-order valence-electron chi connectivity index (χ2n) is 5.24. The number of para-hydroxylation sites is 1. The van der Waals surface area contributed by atoms with Gasteiger partial charge in [0.15, 0.2) is 5.96 Å². The van der Waals surface area contributed by atoms with Gasteiger partial charge in [-0.2, -0.15) is 0 Å². The summed E-state index contributed by atoms with van der Waals surface area (Å²) in [4.78, 5) is 6.48. The first-order chi connectivity index (χ1) is 11.3. The van der Waals surface area contributed by atoms with Gasteiger partial charge in [-0.1, -0.05) is 18.2 Å². The maximum Gasteiger partial charge on any atom is 0.191 e. The molecule has 0 atom stereocenters. The predicted molar refractivity (Wildman–Crippen MR) is 111 cm³/mol. The number of aliphatic imine (C=N–C) groups is 1. The van der Waals surface area contributed by atoms with E-state index in [2.05, 4.69) is 27.6 Å². The average Bonchev–Trinajstić information content (AvgIpc) is 2.58. The van der Waals surface area contributed by atoms with Crippen molar-refractivity contribution >= 4 is 29.9 Å². The van der Waals surface area contributed by atoms with E-state index >= 15 is 0 Å². The Morgan fingerprint density at radius 1 is 1.08 bits per heavy atom. The number of ether oxygens (including phenoxy) is 2. The average molecular weight is 450 g/mol. The Morgan fingerprint density at radius 2 is 1.79 bits per heavy atom. The fraction of sp³-hybridized carbons (Fsp3) is 0.588. The SMILES string of the molecule is CN=C(NCCOc1ccccc1)NCCN(C)CCCOC.I. The maximum atomic E-state index is 5.63. The van der Waals surface area contributed by atoms with E-state index in [9.17, 15) is 0 Å². The number of nitrogens with zero attached hydrogens (tertiary/aromatic N) is 2. The molecule has 2 N–H and O–H groups in total. The zero-order valence-electron chi connectivity index (χ0n) is 15.0. The molecule has 0 fully saturated rings. The molecule has 0 heterocycles. The van der Waals surface area contributed by atoms with E-state index in [4.69, 9.17) is 9.47 Å². The van der Waals surface area contributed by atoms with Crippen LogP contribution in [-0.2, 0) is 4.74 Å². The molecule has 0 saturated carbocycles. The second kappa shape index (κ2) is 15.5. The number of hydrogen-bond acceptors (Lipinski definition) is 4. The lowest BCUT2D eigenvalue weighted by Crippen LogP contribution is -2.42. The highest BCUT2D eigenvalue weighted by Crippen LogP contribution is 2.07. The molecule has 1 rings (SSSR count). The van der Waals surface area contributed by atoms with Crippen LogP contribution in [0.4, 0.5) is 0 Å². The molecule has 0 amide bonds. The molecule has 0 aliphatic rings. The van der Waals surface area contributed by atoms with Crippen molar-refractivity contribution < 1.29 is 9.47 Å². The van der Waals surface area contributed by atoms with Crippen molar-refractivity contribution in [2.75, 3.05) is 60.6 Å². The second-order valence-corrected chi connectivity index (χ2v) is 5.24. The van der Waals surface area contributed by atoms with Crippen LogP contribution in [0.3, 0.4) is 0 Å². The minimum atomic E-state index is 0. The smallest absolute Gasteiger partial charge is 0.191 e. The minimum Gasteiger partial charge on any atom is -0.492 e. The number of hydrogen-bond donors (Lipinski definition) is 2. The van der Waals surface area contributed by atoms with Crippen LogP contribution in [0.5, 0.6) is 5.75 Å². The third-order valence-electron chi connectivity index (χ3n) is 3.30. The molecule has 138 valence electrons. The molecule has 0 aromatic heterocycles. The van der Waals surface area contributed by atoms with Gasteiger partial charge in [-0.15, -0.1) is 24.0 Å². The first-order valence-corrected chi connectivity index (χ1v) is 8.06. The maximum absolute atomic E-state index is 5.63. The van der Waals surface area contributed by atoms with Crippen molar-refractivity contribution in [3.63, 3.8) is 0 Å². The highest BCUT2D eigenvalue weighted by molar-refractivity contribution is 14.0. The summed E-state index contributed by atoms with van der Waals surface area (Å²) in [7, 11) is 5.62. The fourth-order valence-electron chi connectivity index (χ4n) is 2.03. The molecule has 0 spiro atoms. The third-order valence-corrected chi connectivity index (χ3v) is 3.30. The van der Waals surface area contributed by atoms with Gasteiger partial charge in [-0.05, 0) is 25.6 Å². The van der Waals surface area contributed by atoms with Gasteiger partial charge in [0, 0.05) is 40.4 Å². The Morgan fingerprint density at radius 3 is 2.46 bits per heavy atom. The lowest BCUT2D eigenvalue weighted by Gasteiger charge is -2.18. The van der Waals surface area contributed by atoms with E-state index in [1.807, 2.05) is 30.3 Å². The van der Waals surface area contributed by atoms with Gasteiger partial charge in [-0.25, -0.2) is 0 Å². The van der Waals surface area contributed by atoms with Gasteiger partial charge in [0.05, 0.1) is 6.54 Å². The van der Waals surface area contributed by atoms with Crippen LogP contribution in [-0.4, -0.2) is 71.5 Å². The van der Waals surface area contributed by atoms with Crippen molar-refractivity contribution in [1.82, 2.24) is 15.5 Å². The molecule has 0 unspecified atom stereocenters. The Balaban J connectivity index is 0.00000529. The number of methoxy groups -OCH3 is 1. The van der Waals surface area contributed by atoms with Gasteiger partial charge in [0.2, 0.25) is 0 Å². The molecule has 1 aromatic carbocycles. The van der Waals surface area contributed by atoms with Gasteiger partial charge < -0.3 is 25.0 Å². The Hall–Kier alpha value is -1.06. The Labute approximate surface area is 163 Å². The van der Waals surface area contributed by atoms with E-state index in [1.165, 1.54) is 0 Å². The Bertz CT molecular complexity index is 432. The quantitative estimate of drug-likeness (QED) is 0.233. The van der Waals surface area contributed by atoms with Crippen LogP contribution in [0.1, 0.15) is 6.42 Å². The Kier molecular flexibility index (Phi) is 14.8. The summed E-state index contributed by atoms with van der Waals surface area (Å²) >= 11 is 0. The van der Waals surface area contributed by atoms with E-state index in [0.29, 0.717) is 13.2 Å². The van der Waals surface area contributed by atoms with Gasteiger partial charge >= 0.3 is 0 Å². The molecule has 0 aliphatic carbocycles. The molecule has 0 aliphatic heterocycles. The third kappa shape index (κ3) is 11.5. The summed E-state index contributed by atoms with van der Waals surface area (Å²) in [6, 6.07) is 9.81. The summed E-state index contributed by atoms with van der Waals surface area (Å²) in [6.07, 6.45) is 1.05. The minimum absolute atomic E-state index is 0. The van der Waals surface area contributed by atoms with Crippen LogP contribution < -0.4 is 15.4 Å². The van der Waals surface area contributed by atoms with Crippen molar-refractivity contribution in [3.05, 3.63) is 30.3 Å². The lowest BCUT2D eigenvalue weighted by molar-refractivity contribution is 0.180. The van der Waals surface area contributed by atoms with Gasteiger partial charge in [0.1, 0.15) is 12.4 Å². The first-order valence-electron chi connectivity index (χ1n) is 8.06. The van der Waals surface area contributed by atoms with Crippen molar-refractivity contribution in [2.24, 2.45) is 4.99 Å². The van der Waals surface area contributed by atoms with Gasteiger partial charge in [-0.3, -0.25) is 4.99 Å². The number of rotatable bonds is 11. The number of benzene rings is 1. The van der Waals surface area contributed by atoms with Crippen LogP contribution in [0.15, 0.2) is 35.3 Å². The molecule has 7 heteroatoms. The van der Waals surface area contributed by atoms with E-state index < -0.39 is 0 Å². The summed E-state index contributed by atoms with van der Waals surface area (Å²) in [5.74, 6) is 1.68. The lowest BCUT2D eigenvalue weighted by atomic mass is 10.3. The van der Waals surface area contributed by atoms with Crippen molar-refractivity contribution in [2.45, 2.75) is 6.42 Å². The monoisotopic (exact) mass is 450 g/mol. The van der Waals surface area contributed by atoms with Crippen LogP contribution in [0, 0.1) is 0 Å². The molecule has 0 saturated heterocycles. The topological polar surface area (TPSA) is 58.1 Å². The largest absolute Gasteiger partial charge is 0.492 e. The van der Waals surface area contributed by atoms with Gasteiger partial charge in [0.25, 0.3) is 0 Å². The highest BCUT2D eigenvalue weighted by Gasteiger charge is 2.00. The first kappa shape index (κ1) is 22.9. The van der Waals surface area contributed by atoms with Crippen LogP contribution >= 0.6 is 24.0 Å². The summed E-state index contributed by atoms with van der Waals surface area (Å²) in [6.45, 7) is 4.96. The number of guanidine groups is 1. The highest BCUT2D eigenvalue weighted by atomic mass is 127. The van der Waals surface area contributed by atoms with Crippen molar-refractivity contribution in [1.29, 1.82) is 0 Å². The predicted octanol–water partition coefficient (Wildman–Crippen LogP) is 1.82. The molecule has 0 bridgehead atoms. The van der Waals surface area contributed by atoms with E-state index in [1.54, 1.807) is 14.2 Å². The molecular formula is C17H31IN4O2. The summed E-state index contributed by atoms with van der Waals surface area (Å²) in [5.41, 5.74) is 0. The summed E-state index contributed by atoms with van der Waals surface area (Å²) < 4.78 is 10.7. The standard InChI is InChI=1S/C17H30N4O2.HI/c1-18-17(19-10-13-21(2)12-7-14-22-3)20-11-15-23-16-8-5-4-6-9-16;/h4-6,8-9H,7,10-15H2,1-3H3,(H2,18,19,20);1H. The number of nitrogens with one attached hydrogen (secondary N) is 2.